The molecule has 0 spiro atoms. The lowest BCUT2D eigenvalue weighted by Gasteiger charge is -2.12. The maximum Gasteiger partial charge on any atom is 0.175 e. The first kappa shape index (κ1) is 17.0. The number of para-hydroxylation sites is 1. The minimum absolute atomic E-state index is 0.270. The van der Waals surface area contributed by atoms with E-state index < -0.39 is 0 Å². The van der Waals surface area contributed by atoms with Crippen molar-refractivity contribution in [3.63, 3.8) is 0 Å². The summed E-state index contributed by atoms with van der Waals surface area (Å²) in [5, 5.41) is 8.66. The predicted molar refractivity (Wildman–Crippen MR) is 102 cm³/mol. The molecule has 0 atom stereocenters. The van der Waals surface area contributed by atoms with Gasteiger partial charge in [0.05, 0.1) is 0 Å². The summed E-state index contributed by atoms with van der Waals surface area (Å²) in [6.45, 7) is 2.31. The van der Waals surface area contributed by atoms with E-state index in [1.807, 2.05) is 66.1 Å². The molecule has 0 bridgehead atoms. The molecule has 4 nitrogen and oxygen atoms in total. The van der Waals surface area contributed by atoms with Gasteiger partial charge in [-0.15, -0.1) is 10.2 Å². The first-order chi connectivity index (χ1) is 13.2. The molecule has 0 radical (unpaired) electrons. The Bertz CT molecular complexity index is 1030. The van der Waals surface area contributed by atoms with Crippen molar-refractivity contribution in [3.05, 3.63) is 96.1 Å². The molecule has 1 aromatic heterocycles. The van der Waals surface area contributed by atoms with E-state index in [4.69, 9.17) is 4.74 Å². The third-order valence-corrected chi connectivity index (χ3v) is 4.24. The van der Waals surface area contributed by atoms with Gasteiger partial charge in [-0.1, -0.05) is 35.9 Å². The van der Waals surface area contributed by atoms with Crippen molar-refractivity contribution < 1.29 is 9.13 Å². The summed E-state index contributed by atoms with van der Waals surface area (Å²) in [7, 11) is 0. The molecule has 1 heterocycles. The van der Waals surface area contributed by atoms with Gasteiger partial charge >= 0.3 is 0 Å². The Balaban J connectivity index is 1.74. The highest BCUT2D eigenvalue weighted by molar-refractivity contribution is 5.58. The fraction of sp³-hybridized carbons (Fsp3) is 0.0909. The monoisotopic (exact) mass is 359 g/mol. The number of aryl methyl sites for hydroxylation is 1. The van der Waals surface area contributed by atoms with Crippen molar-refractivity contribution in [2.75, 3.05) is 0 Å². The lowest BCUT2D eigenvalue weighted by atomic mass is 10.2. The molecule has 0 saturated carbocycles. The van der Waals surface area contributed by atoms with Crippen LogP contribution in [0.3, 0.4) is 0 Å². The van der Waals surface area contributed by atoms with Crippen LogP contribution in [0.5, 0.6) is 5.75 Å². The summed E-state index contributed by atoms with van der Waals surface area (Å²) in [5.74, 6) is 1.79. The predicted octanol–water partition coefficient (Wildman–Crippen LogP) is 4.96. The molecular formula is C22H18FN3O. The molecule has 0 unspecified atom stereocenters. The maximum absolute atomic E-state index is 13.3. The first-order valence-corrected chi connectivity index (χ1v) is 8.66. The zero-order chi connectivity index (χ0) is 18.6. The Kier molecular flexibility index (Phi) is 4.66. The van der Waals surface area contributed by atoms with Crippen LogP contribution < -0.4 is 4.74 Å². The second kappa shape index (κ2) is 7.41. The molecule has 0 amide bonds. The van der Waals surface area contributed by atoms with Crippen molar-refractivity contribution in [1.82, 2.24) is 14.8 Å². The topological polar surface area (TPSA) is 39.9 Å². The van der Waals surface area contributed by atoms with Crippen molar-refractivity contribution in [2.24, 2.45) is 0 Å². The van der Waals surface area contributed by atoms with Gasteiger partial charge in [0.1, 0.15) is 18.2 Å². The Morgan fingerprint density at radius 3 is 2.26 bits per heavy atom. The molecule has 0 aliphatic carbocycles. The van der Waals surface area contributed by atoms with Crippen molar-refractivity contribution in [1.29, 1.82) is 0 Å². The Morgan fingerprint density at radius 2 is 1.56 bits per heavy atom. The second-order valence-corrected chi connectivity index (χ2v) is 6.22. The van der Waals surface area contributed by atoms with E-state index in [0.29, 0.717) is 11.6 Å². The van der Waals surface area contributed by atoms with Gasteiger partial charge in [-0.2, -0.15) is 0 Å². The average Bonchev–Trinajstić information content (AvgIpc) is 3.12. The van der Waals surface area contributed by atoms with E-state index in [1.54, 1.807) is 12.1 Å². The summed E-state index contributed by atoms with van der Waals surface area (Å²) in [6, 6.07) is 23.9. The zero-order valence-corrected chi connectivity index (χ0v) is 14.8. The molecule has 4 rings (SSSR count). The van der Waals surface area contributed by atoms with Crippen LogP contribution in [0.1, 0.15) is 11.4 Å². The van der Waals surface area contributed by atoms with Gasteiger partial charge in [-0.3, -0.25) is 4.57 Å². The maximum atomic E-state index is 13.3. The van der Waals surface area contributed by atoms with Crippen LogP contribution in [0.15, 0.2) is 78.9 Å². The molecule has 3 aromatic carbocycles. The zero-order valence-electron chi connectivity index (χ0n) is 14.8. The minimum atomic E-state index is -0.284. The SMILES string of the molecule is Cc1ccc(-n2c(COc3ccccc3)nnc2-c2ccc(F)cc2)cc1. The molecule has 0 fully saturated rings. The minimum Gasteiger partial charge on any atom is -0.486 e. The van der Waals surface area contributed by atoms with Crippen LogP contribution in [0.4, 0.5) is 4.39 Å². The molecular weight excluding hydrogens is 341 g/mol. The quantitative estimate of drug-likeness (QED) is 0.506. The van der Waals surface area contributed by atoms with Crippen LogP contribution in [0, 0.1) is 12.7 Å². The lowest BCUT2D eigenvalue weighted by molar-refractivity contribution is 0.293. The highest BCUT2D eigenvalue weighted by Crippen LogP contribution is 2.24. The number of hydrogen-bond acceptors (Lipinski definition) is 3. The van der Waals surface area contributed by atoms with Crippen LogP contribution in [-0.2, 0) is 6.61 Å². The summed E-state index contributed by atoms with van der Waals surface area (Å²) in [6.07, 6.45) is 0. The molecule has 134 valence electrons. The van der Waals surface area contributed by atoms with Gasteiger partial charge in [0.15, 0.2) is 11.6 Å². The molecule has 5 heteroatoms. The summed E-state index contributed by atoms with van der Waals surface area (Å²) < 4.78 is 21.1. The average molecular weight is 359 g/mol. The fourth-order valence-electron chi connectivity index (χ4n) is 2.83. The number of halogens is 1. The van der Waals surface area contributed by atoms with Gasteiger partial charge in [0, 0.05) is 11.3 Å². The van der Waals surface area contributed by atoms with Crippen molar-refractivity contribution in [2.45, 2.75) is 13.5 Å². The van der Waals surface area contributed by atoms with Crippen LogP contribution in [0.2, 0.25) is 0 Å². The molecule has 0 N–H and O–H groups in total. The van der Waals surface area contributed by atoms with Crippen molar-refractivity contribution in [3.8, 4) is 22.8 Å². The van der Waals surface area contributed by atoms with Crippen LogP contribution in [-0.4, -0.2) is 14.8 Å². The van der Waals surface area contributed by atoms with E-state index in [1.165, 1.54) is 12.1 Å². The summed E-state index contributed by atoms with van der Waals surface area (Å²) in [5.41, 5.74) is 2.88. The highest BCUT2D eigenvalue weighted by Gasteiger charge is 2.16. The van der Waals surface area contributed by atoms with Gasteiger partial charge in [0.25, 0.3) is 0 Å². The third-order valence-electron chi connectivity index (χ3n) is 4.24. The van der Waals surface area contributed by atoms with E-state index in [2.05, 4.69) is 10.2 Å². The standard InChI is InChI=1S/C22H18FN3O/c1-16-7-13-19(14-8-16)26-21(15-27-20-5-3-2-4-6-20)24-25-22(26)17-9-11-18(23)12-10-17/h2-14H,15H2,1H3. The number of nitrogens with zero attached hydrogens (tertiary/aromatic N) is 3. The first-order valence-electron chi connectivity index (χ1n) is 8.66. The number of ether oxygens (including phenoxy) is 1. The molecule has 4 aromatic rings. The van der Waals surface area contributed by atoms with Gasteiger partial charge in [-0.05, 0) is 55.5 Å². The lowest BCUT2D eigenvalue weighted by Crippen LogP contribution is -2.07. The highest BCUT2D eigenvalue weighted by atomic mass is 19.1. The Labute approximate surface area is 156 Å². The van der Waals surface area contributed by atoms with Crippen molar-refractivity contribution >= 4 is 0 Å². The molecule has 27 heavy (non-hydrogen) atoms. The largest absolute Gasteiger partial charge is 0.486 e. The number of hydrogen-bond donors (Lipinski definition) is 0. The fourth-order valence-corrected chi connectivity index (χ4v) is 2.83. The van der Waals surface area contributed by atoms with Gasteiger partial charge in [-0.25, -0.2) is 4.39 Å². The van der Waals surface area contributed by atoms with Gasteiger partial charge in [0.2, 0.25) is 0 Å². The second-order valence-electron chi connectivity index (χ2n) is 6.22. The number of aromatic nitrogens is 3. The van der Waals surface area contributed by atoms with E-state index in [-0.39, 0.29) is 12.4 Å². The van der Waals surface area contributed by atoms with E-state index in [0.717, 1.165) is 22.6 Å². The normalized spacial score (nSPS) is 10.7. The Hall–Kier alpha value is -3.47. The van der Waals surface area contributed by atoms with Crippen LogP contribution in [0.25, 0.3) is 17.1 Å². The Morgan fingerprint density at radius 1 is 0.852 bits per heavy atom. The summed E-state index contributed by atoms with van der Waals surface area (Å²) >= 11 is 0. The number of rotatable bonds is 5. The van der Waals surface area contributed by atoms with E-state index in [9.17, 15) is 4.39 Å². The van der Waals surface area contributed by atoms with Gasteiger partial charge < -0.3 is 4.74 Å². The molecule has 0 aliphatic heterocycles. The summed E-state index contributed by atoms with van der Waals surface area (Å²) in [4.78, 5) is 0. The molecule has 0 saturated heterocycles. The molecule has 0 aliphatic rings. The third kappa shape index (κ3) is 3.72. The number of benzene rings is 3. The van der Waals surface area contributed by atoms with E-state index >= 15 is 0 Å². The smallest absolute Gasteiger partial charge is 0.175 e. The van der Waals surface area contributed by atoms with Crippen LogP contribution >= 0.6 is 0 Å².